The molecule has 0 unspecified atom stereocenters. The van der Waals surface area contributed by atoms with Crippen LogP contribution in [0, 0.1) is 0 Å². The number of aliphatic hydroxyl groups excluding tert-OH is 1. The van der Waals surface area contributed by atoms with Crippen LogP contribution < -0.4 is 15.8 Å². The lowest BCUT2D eigenvalue weighted by Crippen LogP contribution is -2.89. The predicted molar refractivity (Wildman–Crippen MR) is 67.9 cm³/mol. The summed E-state index contributed by atoms with van der Waals surface area (Å²) in [5.41, 5.74) is 6.14. The molecule has 1 amide bonds. The molecule has 1 rings (SSSR count). The van der Waals surface area contributed by atoms with Gasteiger partial charge in [0, 0.05) is 5.56 Å². The standard InChI is InChI=1S/C13H20N2O3/c1-2-11(8-16)15-7-10-3-5-12(6-4-10)18-9-13(14)17/h3-6,11,15-16H,2,7-9H2,1H3,(H2,14,17)/p+1/t11-/m1/s1. The van der Waals surface area contributed by atoms with Crippen molar-refractivity contribution in [3.05, 3.63) is 29.8 Å². The van der Waals surface area contributed by atoms with Crippen molar-refractivity contribution in [2.24, 2.45) is 5.73 Å². The van der Waals surface area contributed by atoms with Gasteiger partial charge in [0.25, 0.3) is 5.91 Å². The zero-order chi connectivity index (χ0) is 13.4. The molecule has 1 aromatic carbocycles. The number of aliphatic hydroxyl groups is 1. The highest BCUT2D eigenvalue weighted by molar-refractivity contribution is 5.75. The van der Waals surface area contributed by atoms with E-state index in [9.17, 15) is 4.79 Å². The fraction of sp³-hybridized carbons (Fsp3) is 0.462. The minimum atomic E-state index is -0.485. The van der Waals surface area contributed by atoms with Crippen LogP contribution in [0.3, 0.4) is 0 Å². The van der Waals surface area contributed by atoms with Crippen LogP contribution in [0.2, 0.25) is 0 Å². The zero-order valence-electron chi connectivity index (χ0n) is 10.6. The number of quaternary nitrogens is 1. The summed E-state index contributed by atoms with van der Waals surface area (Å²) in [6.45, 7) is 2.96. The summed E-state index contributed by atoms with van der Waals surface area (Å²) in [4.78, 5) is 10.6. The lowest BCUT2D eigenvalue weighted by molar-refractivity contribution is -0.706. The van der Waals surface area contributed by atoms with Crippen LogP contribution in [0.25, 0.3) is 0 Å². The van der Waals surface area contributed by atoms with Crippen molar-refractivity contribution in [2.45, 2.75) is 25.9 Å². The first-order valence-electron chi connectivity index (χ1n) is 6.10. The fourth-order valence-electron chi connectivity index (χ4n) is 1.55. The lowest BCUT2D eigenvalue weighted by atomic mass is 10.2. The van der Waals surface area contributed by atoms with Gasteiger partial charge in [-0.3, -0.25) is 4.79 Å². The first-order valence-corrected chi connectivity index (χ1v) is 6.10. The van der Waals surface area contributed by atoms with Crippen molar-refractivity contribution >= 4 is 5.91 Å². The Morgan fingerprint density at radius 3 is 2.61 bits per heavy atom. The molecule has 5 nitrogen and oxygen atoms in total. The van der Waals surface area contributed by atoms with E-state index in [1.54, 1.807) is 0 Å². The van der Waals surface area contributed by atoms with Gasteiger partial charge >= 0.3 is 0 Å². The van der Waals surface area contributed by atoms with Gasteiger partial charge in [-0.25, -0.2) is 0 Å². The van der Waals surface area contributed by atoms with Crippen molar-refractivity contribution in [1.29, 1.82) is 0 Å². The highest BCUT2D eigenvalue weighted by Gasteiger charge is 2.07. The topological polar surface area (TPSA) is 89.2 Å². The molecular weight excluding hydrogens is 232 g/mol. The summed E-state index contributed by atoms with van der Waals surface area (Å²) in [5.74, 6) is 0.146. The number of carbonyl (C=O) groups excluding carboxylic acids is 1. The first kappa shape index (κ1) is 14.5. The van der Waals surface area contributed by atoms with Gasteiger partial charge in [-0.05, 0) is 30.7 Å². The highest BCUT2D eigenvalue weighted by atomic mass is 16.5. The minimum Gasteiger partial charge on any atom is -0.484 e. The predicted octanol–water partition coefficient (Wildman–Crippen LogP) is -0.615. The largest absolute Gasteiger partial charge is 0.484 e. The molecule has 0 radical (unpaired) electrons. The van der Waals surface area contributed by atoms with Gasteiger partial charge in [-0.1, -0.05) is 6.92 Å². The van der Waals surface area contributed by atoms with Crippen LogP contribution >= 0.6 is 0 Å². The van der Waals surface area contributed by atoms with Crippen LogP contribution in [0.5, 0.6) is 5.75 Å². The number of nitrogens with two attached hydrogens (primary N) is 2. The van der Waals surface area contributed by atoms with E-state index in [0.717, 1.165) is 18.5 Å². The number of benzene rings is 1. The summed E-state index contributed by atoms with van der Waals surface area (Å²) in [6.07, 6.45) is 0.941. The molecule has 0 saturated carbocycles. The number of amides is 1. The maximum absolute atomic E-state index is 10.6. The summed E-state index contributed by atoms with van der Waals surface area (Å²) >= 11 is 0. The van der Waals surface area contributed by atoms with Crippen LogP contribution in [-0.4, -0.2) is 30.3 Å². The third-order valence-corrected chi connectivity index (χ3v) is 2.75. The zero-order valence-corrected chi connectivity index (χ0v) is 10.6. The number of ether oxygens (including phenoxy) is 1. The van der Waals surface area contributed by atoms with Gasteiger partial charge < -0.3 is 20.9 Å². The number of primary amides is 1. The molecule has 100 valence electrons. The van der Waals surface area contributed by atoms with Gasteiger partial charge in [0.05, 0.1) is 6.61 Å². The van der Waals surface area contributed by atoms with Gasteiger partial charge in [0.2, 0.25) is 0 Å². The van der Waals surface area contributed by atoms with Crippen molar-refractivity contribution in [3.8, 4) is 5.75 Å². The van der Waals surface area contributed by atoms with Crippen LogP contribution in [0.4, 0.5) is 0 Å². The van der Waals surface area contributed by atoms with E-state index in [1.165, 1.54) is 0 Å². The summed E-state index contributed by atoms with van der Waals surface area (Å²) in [7, 11) is 0. The van der Waals surface area contributed by atoms with Gasteiger partial charge in [-0.2, -0.15) is 0 Å². The third-order valence-electron chi connectivity index (χ3n) is 2.75. The molecule has 0 heterocycles. The third kappa shape index (κ3) is 5.16. The first-order chi connectivity index (χ1) is 8.65. The molecule has 0 spiro atoms. The van der Waals surface area contributed by atoms with E-state index in [4.69, 9.17) is 15.6 Å². The molecule has 0 bridgehead atoms. The summed E-state index contributed by atoms with van der Waals surface area (Å²) in [5, 5.41) is 11.2. The molecule has 0 aliphatic heterocycles. The Kier molecular flexibility index (Phi) is 6.18. The second-order valence-corrected chi connectivity index (χ2v) is 4.19. The average Bonchev–Trinajstić information content (AvgIpc) is 2.39. The molecular formula is C13H21N2O3+. The van der Waals surface area contributed by atoms with E-state index < -0.39 is 5.91 Å². The van der Waals surface area contributed by atoms with Crippen molar-refractivity contribution in [1.82, 2.24) is 0 Å². The van der Waals surface area contributed by atoms with Gasteiger partial charge in [-0.15, -0.1) is 0 Å². The van der Waals surface area contributed by atoms with Crippen LogP contribution in [-0.2, 0) is 11.3 Å². The van der Waals surface area contributed by atoms with Crippen LogP contribution in [0.15, 0.2) is 24.3 Å². The summed E-state index contributed by atoms with van der Waals surface area (Å²) < 4.78 is 5.17. The molecule has 0 saturated heterocycles. The number of hydrogen-bond donors (Lipinski definition) is 3. The normalized spacial score (nSPS) is 12.1. The molecule has 18 heavy (non-hydrogen) atoms. The smallest absolute Gasteiger partial charge is 0.255 e. The van der Waals surface area contributed by atoms with Gasteiger partial charge in [0.15, 0.2) is 6.61 Å². The minimum absolute atomic E-state index is 0.103. The Bertz CT molecular complexity index is 361. The Morgan fingerprint density at radius 2 is 2.11 bits per heavy atom. The van der Waals surface area contributed by atoms with Crippen LogP contribution in [0.1, 0.15) is 18.9 Å². The molecule has 5 heteroatoms. The van der Waals surface area contributed by atoms with E-state index in [0.29, 0.717) is 5.75 Å². The number of rotatable bonds is 8. The molecule has 1 aromatic rings. The molecule has 0 aliphatic carbocycles. The molecule has 5 N–H and O–H groups in total. The van der Waals surface area contributed by atoms with E-state index in [-0.39, 0.29) is 19.3 Å². The summed E-state index contributed by atoms with van der Waals surface area (Å²) in [6, 6.07) is 7.75. The van der Waals surface area contributed by atoms with E-state index in [1.807, 2.05) is 24.3 Å². The van der Waals surface area contributed by atoms with Gasteiger partial charge in [0.1, 0.15) is 18.3 Å². The second-order valence-electron chi connectivity index (χ2n) is 4.19. The molecule has 0 fully saturated rings. The van der Waals surface area contributed by atoms with Crippen molar-refractivity contribution < 1.29 is 20.0 Å². The Balaban J connectivity index is 2.42. The van der Waals surface area contributed by atoms with Crippen molar-refractivity contribution in [2.75, 3.05) is 13.2 Å². The average molecular weight is 253 g/mol. The van der Waals surface area contributed by atoms with E-state index in [2.05, 4.69) is 12.2 Å². The number of carbonyl (C=O) groups is 1. The highest BCUT2D eigenvalue weighted by Crippen LogP contribution is 2.11. The molecule has 0 aliphatic rings. The Morgan fingerprint density at radius 1 is 1.44 bits per heavy atom. The molecule has 0 aromatic heterocycles. The molecule has 1 atom stereocenters. The monoisotopic (exact) mass is 253 g/mol. The fourth-order valence-corrected chi connectivity index (χ4v) is 1.55. The quantitative estimate of drug-likeness (QED) is 0.577. The lowest BCUT2D eigenvalue weighted by Gasteiger charge is -2.10. The SMILES string of the molecule is CC[C@H](CO)[NH2+]Cc1ccc(OCC(N)=O)cc1. The Labute approximate surface area is 107 Å². The maximum Gasteiger partial charge on any atom is 0.255 e. The maximum atomic E-state index is 10.6. The second kappa shape index (κ2) is 7.68. The van der Waals surface area contributed by atoms with Crippen molar-refractivity contribution in [3.63, 3.8) is 0 Å². The number of hydrogen-bond acceptors (Lipinski definition) is 3. The van der Waals surface area contributed by atoms with E-state index >= 15 is 0 Å². The Hall–Kier alpha value is -1.59.